The second kappa shape index (κ2) is 8.80. The van der Waals surface area contributed by atoms with E-state index in [-0.39, 0.29) is 18.5 Å². The molecule has 0 unspecified atom stereocenters. The number of amides is 1. The number of hydrogen-bond acceptors (Lipinski definition) is 8. The Kier molecular flexibility index (Phi) is 6.02. The average Bonchev–Trinajstić information content (AvgIpc) is 3.23. The second-order valence-corrected chi connectivity index (χ2v) is 7.91. The lowest BCUT2D eigenvalue weighted by Gasteiger charge is -2.32. The first-order valence-corrected chi connectivity index (χ1v) is 10.3. The standard InChI is InChI=1S/C21H23F3N8O2/c1-11-16-17(31(3)12(2)18(33)29-16)30-20(28-11)26-7-14-8-27-32(10-14)9-13-5-15(21(22,23)24)19(34-4)25-6-13/h5-6,8,10,12H,7,9H2,1-4H3,(H,29,33)(H,26,28,30)/t12-/m0/s1. The van der Waals surface area contributed by atoms with Crippen LogP contribution in [0.15, 0.2) is 24.7 Å². The molecule has 180 valence electrons. The Morgan fingerprint density at radius 2 is 2.00 bits per heavy atom. The topological polar surface area (TPSA) is 110 Å². The number of fused-ring (bicyclic) bond motifs is 1. The number of carbonyl (C=O) groups excluding carboxylic acids is 1. The molecule has 0 saturated heterocycles. The number of rotatable bonds is 6. The second-order valence-electron chi connectivity index (χ2n) is 7.91. The molecule has 0 saturated carbocycles. The first-order chi connectivity index (χ1) is 16.1. The number of ether oxygens (including phenoxy) is 1. The molecule has 1 aliphatic rings. The van der Waals surface area contributed by atoms with Crippen LogP contribution in [-0.2, 0) is 24.1 Å². The zero-order valence-corrected chi connectivity index (χ0v) is 18.9. The highest BCUT2D eigenvalue weighted by Gasteiger charge is 2.35. The van der Waals surface area contributed by atoms with Crippen LogP contribution in [0.1, 0.15) is 29.3 Å². The summed E-state index contributed by atoms with van der Waals surface area (Å²) in [5.41, 5.74) is 1.39. The summed E-state index contributed by atoms with van der Waals surface area (Å²) in [5.74, 6) is 0.407. The molecule has 0 fully saturated rings. The molecular weight excluding hydrogens is 453 g/mol. The summed E-state index contributed by atoms with van der Waals surface area (Å²) in [6, 6.07) is 0.643. The fourth-order valence-corrected chi connectivity index (χ4v) is 3.53. The van der Waals surface area contributed by atoms with Gasteiger partial charge in [0.2, 0.25) is 17.7 Å². The summed E-state index contributed by atoms with van der Waals surface area (Å²) in [6.07, 6.45) is 0.0708. The van der Waals surface area contributed by atoms with Gasteiger partial charge in [-0.3, -0.25) is 9.48 Å². The van der Waals surface area contributed by atoms with Gasteiger partial charge in [0.15, 0.2) is 5.82 Å². The number of likely N-dealkylation sites (N-methyl/N-ethyl adjacent to an activating group) is 1. The third-order valence-corrected chi connectivity index (χ3v) is 5.50. The summed E-state index contributed by atoms with van der Waals surface area (Å²) in [4.78, 5) is 26.5. The predicted molar refractivity (Wildman–Crippen MR) is 118 cm³/mol. The Hall–Kier alpha value is -3.90. The predicted octanol–water partition coefficient (Wildman–Crippen LogP) is 2.84. The maximum absolute atomic E-state index is 13.2. The zero-order valence-electron chi connectivity index (χ0n) is 18.9. The number of hydrogen-bond donors (Lipinski definition) is 2. The van der Waals surface area contributed by atoms with Crippen molar-refractivity contribution in [3.63, 3.8) is 0 Å². The Bertz CT molecular complexity index is 1230. The van der Waals surface area contributed by atoms with Crippen LogP contribution in [0.2, 0.25) is 0 Å². The van der Waals surface area contributed by atoms with E-state index in [1.165, 1.54) is 10.9 Å². The van der Waals surface area contributed by atoms with Gasteiger partial charge in [0.1, 0.15) is 17.3 Å². The van der Waals surface area contributed by atoms with Crippen molar-refractivity contribution in [1.29, 1.82) is 0 Å². The van der Waals surface area contributed by atoms with Crippen LogP contribution in [0.4, 0.5) is 30.6 Å². The van der Waals surface area contributed by atoms with Crippen molar-refractivity contribution in [3.05, 3.63) is 47.0 Å². The number of nitrogens with zero attached hydrogens (tertiary/aromatic N) is 6. The molecule has 0 aromatic carbocycles. The van der Waals surface area contributed by atoms with E-state index in [1.807, 2.05) is 0 Å². The van der Waals surface area contributed by atoms with E-state index in [4.69, 9.17) is 4.74 Å². The van der Waals surface area contributed by atoms with Gasteiger partial charge in [-0.05, 0) is 25.5 Å². The molecule has 0 spiro atoms. The third-order valence-electron chi connectivity index (χ3n) is 5.50. The number of methoxy groups -OCH3 is 1. The number of aryl methyl sites for hydroxylation is 1. The highest BCUT2D eigenvalue weighted by atomic mass is 19.4. The summed E-state index contributed by atoms with van der Waals surface area (Å²) in [7, 11) is 2.94. The normalized spacial score (nSPS) is 15.7. The Labute approximate surface area is 193 Å². The summed E-state index contributed by atoms with van der Waals surface area (Å²) >= 11 is 0. The quantitative estimate of drug-likeness (QED) is 0.559. The number of alkyl halides is 3. The molecule has 10 nitrogen and oxygen atoms in total. The third kappa shape index (κ3) is 4.58. The fourth-order valence-electron chi connectivity index (χ4n) is 3.53. The number of halogens is 3. The minimum absolute atomic E-state index is 0.108. The number of pyridine rings is 1. The molecule has 3 aromatic rings. The highest BCUT2D eigenvalue weighted by Crippen LogP contribution is 2.35. The molecule has 1 aliphatic heterocycles. The number of carbonyl (C=O) groups is 1. The smallest absolute Gasteiger partial charge is 0.421 e. The molecule has 2 N–H and O–H groups in total. The molecule has 3 aromatic heterocycles. The lowest BCUT2D eigenvalue weighted by molar-refractivity contribution is -0.139. The van der Waals surface area contributed by atoms with Crippen molar-refractivity contribution < 1.29 is 22.7 Å². The monoisotopic (exact) mass is 476 g/mol. The fraction of sp³-hybridized carbons (Fsp3) is 0.381. The van der Waals surface area contributed by atoms with Crippen LogP contribution in [-0.4, -0.2) is 50.8 Å². The SMILES string of the molecule is COc1ncc(Cn2cc(CNc3nc(C)c4c(n3)N(C)[C@@H](C)C(=O)N4)cn2)cc1C(F)(F)F. The van der Waals surface area contributed by atoms with E-state index in [0.29, 0.717) is 35.3 Å². The highest BCUT2D eigenvalue weighted by molar-refractivity contribution is 6.03. The number of aromatic nitrogens is 5. The molecule has 0 aliphatic carbocycles. The molecular formula is C21H23F3N8O2. The van der Waals surface area contributed by atoms with E-state index in [1.54, 1.807) is 38.2 Å². The van der Waals surface area contributed by atoms with Crippen molar-refractivity contribution >= 4 is 23.4 Å². The van der Waals surface area contributed by atoms with Gasteiger partial charge < -0.3 is 20.3 Å². The lowest BCUT2D eigenvalue weighted by atomic mass is 10.2. The molecule has 0 bridgehead atoms. The van der Waals surface area contributed by atoms with Gasteiger partial charge in [-0.25, -0.2) is 9.97 Å². The Balaban J connectivity index is 1.46. The first kappa shape index (κ1) is 23.3. The zero-order chi connectivity index (χ0) is 24.6. The van der Waals surface area contributed by atoms with Crippen molar-refractivity contribution in [2.75, 3.05) is 29.7 Å². The van der Waals surface area contributed by atoms with Gasteiger partial charge in [-0.2, -0.15) is 23.3 Å². The molecule has 4 heterocycles. The van der Waals surface area contributed by atoms with Gasteiger partial charge in [-0.15, -0.1) is 0 Å². The number of anilines is 3. The van der Waals surface area contributed by atoms with Crippen molar-refractivity contribution in [2.45, 2.75) is 39.2 Å². The van der Waals surface area contributed by atoms with E-state index >= 15 is 0 Å². The van der Waals surface area contributed by atoms with Gasteiger partial charge in [-0.1, -0.05) is 0 Å². The molecule has 4 rings (SSSR count). The van der Waals surface area contributed by atoms with Crippen LogP contribution in [0.25, 0.3) is 0 Å². The van der Waals surface area contributed by atoms with Crippen LogP contribution in [0.3, 0.4) is 0 Å². The summed E-state index contributed by atoms with van der Waals surface area (Å²) < 4.78 is 45.9. The lowest BCUT2D eigenvalue weighted by Crippen LogP contribution is -2.44. The minimum Gasteiger partial charge on any atom is -0.481 e. The van der Waals surface area contributed by atoms with E-state index < -0.39 is 17.6 Å². The maximum Gasteiger partial charge on any atom is 0.421 e. The van der Waals surface area contributed by atoms with Gasteiger partial charge >= 0.3 is 6.18 Å². The average molecular weight is 476 g/mol. The largest absolute Gasteiger partial charge is 0.481 e. The van der Waals surface area contributed by atoms with Crippen molar-refractivity contribution in [1.82, 2.24) is 24.7 Å². The van der Waals surface area contributed by atoms with Crippen molar-refractivity contribution in [2.24, 2.45) is 0 Å². The van der Waals surface area contributed by atoms with E-state index in [0.717, 1.165) is 18.7 Å². The van der Waals surface area contributed by atoms with Gasteiger partial charge in [0.25, 0.3) is 0 Å². The first-order valence-electron chi connectivity index (χ1n) is 10.3. The molecule has 1 atom stereocenters. The van der Waals surface area contributed by atoms with E-state index in [2.05, 4.69) is 30.7 Å². The summed E-state index contributed by atoms with van der Waals surface area (Å²) in [6.45, 7) is 4.02. The Morgan fingerprint density at radius 3 is 2.71 bits per heavy atom. The van der Waals surface area contributed by atoms with Gasteiger partial charge in [0, 0.05) is 31.5 Å². The number of nitrogens with one attached hydrogen (secondary N) is 2. The van der Waals surface area contributed by atoms with Crippen LogP contribution >= 0.6 is 0 Å². The Morgan fingerprint density at radius 1 is 1.24 bits per heavy atom. The molecule has 1 amide bonds. The van der Waals surface area contributed by atoms with Crippen molar-refractivity contribution in [3.8, 4) is 5.88 Å². The minimum atomic E-state index is -4.57. The maximum atomic E-state index is 13.2. The van der Waals surface area contributed by atoms with Crippen LogP contribution in [0.5, 0.6) is 5.88 Å². The van der Waals surface area contributed by atoms with E-state index in [9.17, 15) is 18.0 Å². The molecule has 34 heavy (non-hydrogen) atoms. The summed E-state index contributed by atoms with van der Waals surface area (Å²) in [5, 5.41) is 10.2. The molecule has 13 heteroatoms. The molecule has 0 radical (unpaired) electrons. The van der Waals surface area contributed by atoms with Crippen LogP contribution < -0.4 is 20.3 Å². The van der Waals surface area contributed by atoms with Gasteiger partial charge in [0.05, 0.1) is 25.5 Å². The van der Waals surface area contributed by atoms with Crippen LogP contribution in [0, 0.1) is 6.92 Å².